The molecule has 0 bridgehead atoms. The van der Waals surface area contributed by atoms with Crippen molar-refractivity contribution in [2.45, 2.75) is 37.5 Å². The molecule has 0 aromatic rings. The molecule has 1 rings (SSSR count). The van der Waals surface area contributed by atoms with E-state index in [2.05, 4.69) is 0 Å². The number of hydrogen-bond donors (Lipinski definition) is 1. The van der Waals surface area contributed by atoms with E-state index in [-0.39, 0.29) is 0 Å². The number of aliphatic hydroxyl groups is 1. The van der Waals surface area contributed by atoms with Crippen LogP contribution in [0.5, 0.6) is 0 Å². The van der Waals surface area contributed by atoms with Gasteiger partial charge in [-0.05, 0) is 12.8 Å². The third-order valence-corrected chi connectivity index (χ3v) is 1.81. The fraction of sp³-hybridized carbons (Fsp3) is 1.00. The second-order valence-electron chi connectivity index (χ2n) is 2.67. The van der Waals surface area contributed by atoms with E-state index in [4.69, 9.17) is 5.11 Å². The molecule has 10 heavy (non-hydrogen) atoms. The van der Waals surface area contributed by atoms with Gasteiger partial charge in [0.1, 0.15) is 0 Å². The lowest BCUT2D eigenvalue weighted by Crippen LogP contribution is -2.46. The highest BCUT2D eigenvalue weighted by Gasteiger charge is 2.54. The van der Waals surface area contributed by atoms with Crippen molar-refractivity contribution < 1.29 is 18.3 Å². The molecule has 1 aliphatic carbocycles. The van der Waals surface area contributed by atoms with Gasteiger partial charge in [0.05, 0.1) is 0 Å². The third kappa shape index (κ3) is 1.12. The smallest absolute Gasteiger partial charge is 0.305 e. The van der Waals surface area contributed by atoms with E-state index in [1.54, 1.807) is 0 Å². The molecule has 0 aromatic heterocycles. The van der Waals surface area contributed by atoms with Gasteiger partial charge in [-0.25, -0.2) is 13.2 Å². The van der Waals surface area contributed by atoms with Crippen LogP contribution in [0.3, 0.4) is 0 Å². The maximum atomic E-state index is 12.5. The highest BCUT2D eigenvalue weighted by Crippen LogP contribution is 2.42. The van der Waals surface area contributed by atoms with Crippen LogP contribution in [0.4, 0.5) is 13.2 Å². The Bertz CT molecular complexity index is 117. The van der Waals surface area contributed by atoms with Crippen LogP contribution >= 0.6 is 0 Å². The summed E-state index contributed by atoms with van der Waals surface area (Å²) in [5.74, 6) is -6.80. The molecule has 0 aliphatic heterocycles. The molecule has 1 N–H and O–H groups in total. The van der Waals surface area contributed by atoms with Gasteiger partial charge >= 0.3 is 5.92 Å². The van der Waals surface area contributed by atoms with Gasteiger partial charge in [-0.1, -0.05) is 0 Å². The summed E-state index contributed by atoms with van der Waals surface area (Å²) in [6, 6.07) is 0. The molecule has 1 aliphatic rings. The van der Waals surface area contributed by atoms with Crippen LogP contribution in [0.1, 0.15) is 25.7 Å². The summed E-state index contributed by atoms with van der Waals surface area (Å²) in [6.07, 6.45) is -0.359. The number of hydrogen-bond acceptors (Lipinski definition) is 1. The summed E-state index contributed by atoms with van der Waals surface area (Å²) in [5.41, 5.74) is 0. The minimum absolute atomic E-state index is 0.291. The minimum atomic E-state index is -3.54. The van der Waals surface area contributed by atoms with Gasteiger partial charge in [-0.15, -0.1) is 0 Å². The lowest BCUT2D eigenvalue weighted by Gasteiger charge is -2.32. The molecule has 1 nitrogen and oxygen atoms in total. The second kappa shape index (κ2) is 2.12. The maximum absolute atomic E-state index is 12.5. The van der Waals surface area contributed by atoms with Crippen LogP contribution in [0.2, 0.25) is 0 Å². The Balaban J connectivity index is 2.70. The van der Waals surface area contributed by atoms with Crippen molar-refractivity contribution in [2.75, 3.05) is 0 Å². The third-order valence-electron chi connectivity index (χ3n) is 1.81. The predicted octanol–water partition coefficient (Wildman–Crippen LogP) is 1.85. The Kier molecular flexibility index (Phi) is 1.66. The minimum Gasteiger partial charge on any atom is -0.357 e. The van der Waals surface area contributed by atoms with Crippen LogP contribution in [-0.4, -0.2) is 16.9 Å². The lowest BCUT2D eigenvalue weighted by atomic mass is 9.92. The molecule has 4 heteroatoms. The summed E-state index contributed by atoms with van der Waals surface area (Å²) in [7, 11) is 0. The van der Waals surface area contributed by atoms with Crippen molar-refractivity contribution >= 4 is 0 Å². The summed E-state index contributed by atoms with van der Waals surface area (Å²) >= 11 is 0. The van der Waals surface area contributed by atoms with Gasteiger partial charge in [0.25, 0.3) is 5.85 Å². The Labute approximate surface area is 56.8 Å². The van der Waals surface area contributed by atoms with Crippen molar-refractivity contribution in [3.63, 3.8) is 0 Å². The topological polar surface area (TPSA) is 20.2 Å². The van der Waals surface area contributed by atoms with E-state index in [0.717, 1.165) is 0 Å². The molecule has 0 spiro atoms. The summed E-state index contributed by atoms with van der Waals surface area (Å²) in [6.45, 7) is 0. The van der Waals surface area contributed by atoms with Crippen molar-refractivity contribution in [1.29, 1.82) is 0 Å². The first-order valence-electron chi connectivity index (χ1n) is 3.25. The van der Waals surface area contributed by atoms with E-state index < -0.39 is 24.6 Å². The average Bonchev–Trinajstić information content (AvgIpc) is 1.77. The summed E-state index contributed by atoms with van der Waals surface area (Å²) in [5, 5.41) is 8.49. The van der Waals surface area contributed by atoms with Crippen molar-refractivity contribution in [3.05, 3.63) is 0 Å². The van der Waals surface area contributed by atoms with Crippen molar-refractivity contribution in [2.24, 2.45) is 0 Å². The fourth-order valence-electron chi connectivity index (χ4n) is 1.08. The highest BCUT2D eigenvalue weighted by atomic mass is 19.3. The Hall–Kier alpha value is -0.250. The van der Waals surface area contributed by atoms with Gasteiger partial charge in [0, 0.05) is 12.8 Å². The quantitative estimate of drug-likeness (QED) is 0.564. The summed E-state index contributed by atoms with van der Waals surface area (Å²) < 4.78 is 37.2. The molecule has 1 unspecified atom stereocenters. The standard InChI is InChI=1S/C6H9F3O/c7-5(8)3-1-2-4-6(5,9)10/h10H,1-4H2. The van der Waals surface area contributed by atoms with Gasteiger partial charge in [0.15, 0.2) is 0 Å². The number of halogens is 3. The molecule has 0 heterocycles. The zero-order valence-electron chi connectivity index (χ0n) is 5.41. The van der Waals surface area contributed by atoms with Gasteiger partial charge in [0.2, 0.25) is 0 Å². The average molecular weight is 154 g/mol. The Morgan fingerprint density at radius 2 is 1.50 bits per heavy atom. The molecule has 60 valence electrons. The van der Waals surface area contributed by atoms with Crippen molar-refractivity contribution in [1.82, 2.24) is 0 Å². The van der Waals surface area contributed by atoms with Crippen molar-refractivity contribution in [3.8, 4) is 0 Å². The SMILES string of the molecule is OC1(F)CCCCC1(F)F. The zero-order chi connectivity index (χ0) is 7.83. The Morgan fingerprint density at radius 3 is 1.80 bits per heavy atom. The van der Waals surface area contributed by atoms with E-state index >= 15 is 0 Å². The van der Waals surface area contributed by atoms with Crippen LogP contribution in [0, 0.1) is 0 Å². The molecular formula is C6H9F3O. The largest absolute Gasteiger partial charge is 0.357 e. The first kappa shape index (κ1) is 7.85. The van der Waals surface area contributed by atoms with E-state index in [1.807, 2.05) is 0 Å². The first-order chi connectivity index (χ1) is 4.46. The molecule has 0 aromatic carbocycles. The zero-order valence-corrected chi connectivity index (χ0v) is 5.41. The van der Waals surface area contributed by atoms with E-state index in [9.17, 15) is 13.2 Å². The molecular weight excluding hydrogens is 145 g/mol. The number of alkyl halides is 3. The molecule has 0 radical (unpaired) electrons. The van der Waals surface area contributed by atoms with Gasteiger partial charge < -0.3 is 5.11 Å². The van der Waals surface area contributed by atoms with Crippen LogP contribution in [-0.2, 0) is 0 Å². The fourth-order valence-corrected chi connectivity index (χ4v) is 1.08. The van der Waals surface area contributed by atoms with Crippen LogP contribution < -0.4 is 0 Å². The summed E-state index contributed by atoms with van der Waals surface area (Å²) in [4.78, 5) is 0. The van der Waals surface area contributed by atoms with E-state index in [1.165, 1.54) is 0 Å². The maximum Gasteiger partial charge on any atom is 0.305 e. The highest BCUT2D eigenvalue weighted by molar-refractivity contribution is 4.87. The monoisotopic (exact) mass is 154 g/mol. The van der Waals surface area contributed by atoms with Crippen LogP contribution in [0.15, 0.2) is 0 Å². The Morgan fingerprint density at radius 1 is 1.00 bits per heavy atom. The van der Waals surface area contributed by atoms with E-state index in [0.29, 0.717) is 12.8 Å². The van der Waals surface area contributed by atoms with Gasteiger partial charge in [-0.2, -0.15) is 0 Å². The van der Waals surface area contributed by atoms with Crippen LogP contribution in [0.25, 0.3) is 0 Å². The molecule has 1 saturated carbocycles. The molecule has 1 atom stereocenters. The number of rotatable bonds is 0. The molecule has 0 saturated heterocycles. The molecule has 0 amide bonds. The molecule has 1 fully saturated rings. The van der Waals surface area contributed by atoms with Gasteiger partial charge in [-0.3, -0.25) is 0 Å². The predicted molar refractivity (Wildman–Crippen MR) is 29.5 cm³/mol. The lowest BCUT2D eigenvalue weighted by molar-refractivity contribution is -0.270. The normalized spacial score (nSPS) is 39.6. The first-order valence-corrected chi connectivity index (χ1v) is 3.25. The second-order valence-corrected chi connectivity index (χ2v) is 2.67.